The van der Waals surface area contributed by atoms with Gasteiger partial charge in [-0.3, -0.25) is 4.79 Å². The Morgan fingerprint density at radius 2 is 1.82 bits per heavy atom. The van der Waals surface area contributed by atoms with Crippen LogP contribution < -0.4 is 14.8 Å². The fourth-order valence-electron chi connectivity index (χ4n) is 2.91. The molecular formula is C21H21N3O3S. The average Bonchev–Trinajstić information content (AvgIpc) is 3.57. The van der Waals surface area contributed by atoms with Gasteiger partial charge in [-0.15, -0.1) is 0 Å². The molecule has 28 heavy (non-hydrogen) atoms. The molecule has 1 N–H and O–H groups in total. The molecule has 2 aromatic carbocycles. The van der Waals surface area contributed by atoms with Crippen LogP contribution in [-0.4, -0.2) is 35.8 Å². The highest BCUT2D eigenvalue weighted by molar-refractivity contribution is 8.00. The maximum Gasteiger partial charge on any atom is 0.234 e. The van der Waals surface area contributed by atoms with Crippen LogP contribution in [0.25, 0.3) is 10.9 Å². The lowest BCUT2D eigenvalue weighted by Gasteiger charge is -2.10. The molecular weight excluding hydrogens is 374 g/mol. The normalized spacial score (nSPS) is 13.4. The summed E-state index contributed by atoms with van der Waals surface area (Å²) in [7, 11) is 3.15. The number of carbonyl (C=O) groups excluding carboxylic acids is 1. The summed E-state index contributed by atoms with van der Waals surface area (Å²) in [4.78, 5) is 21.9. The van der Waals surface area contributed by atoms with E-state index in [9.17, 15) is 4.79 Å². The van der Waals surface area contributed by atoms with Gasteiger partial charge in [-0.05, 0) is 18.9 Å². The van der Waals surface area contributed by atoms with Crippen LogP contribution >= 0.6 is 11.8 Å². The Labute approximate surface area is 167 Å². The number of nitrogens with zero attached hydrogens (tertiary/aromatic N) is 2. The highest BCUT2D eigenvalue weighted by atomic mass is 32.2. The number of aromatic nitrogens is 2. The molecule has 1 fully saturated rings. The van der Waals surface area contributed by atoms with Gasteiger partial charge in [0.1, 0.15) is 22.3 Å². The third kappa shape index (κ3) is 4.20. The van der Waals surface area contributed by atoms with E-state index in [-0.39, 0.29) is 11.7 Å². The van der Waals surface area contributed by atoms with Crippen molar-refractivity contribution in [1.82, 2.24) is 9.97 Å². The van der Waals surface area contributed by atoms with Crippen LogP contribution in [0.5, 0.6) is 11.5 Å². The number of amides is 1. The zero-order valence-electron chi connectivity index (χ0n) is 15.8. The Bertz CT molecular complexity index is 999. The molecule has 3 aromatic rings. The summed E-state index contributed by atoms with van der Waals surface area (Å²) in [6, 6.07) is 13.2. The predicted octanol–water partition coefficient (Wildman–Crippen LogP) is 4.26. The highest BCUT2D eigenvalue weighted by Gasteiger charge is 2.27. The molecule has 6 nitrogen and oxygen atoms in total. The van der Waals surface area contributed by atoms with Crippen LogP contribution in [0.1, 0.15) is 24.6 Å². The first-order valence-electron chi connectivity index (χ1n) is 9.08. The van der Waals surface area contributed by atoms with Gasteiger partial charge in [0.05, 0.1) is 25.5 Å². The molecule has 0 unspecified atom stereocenters. The minimum atomic E-state index is -0.115. The van der Waals surface area contributed by atoms with E-state index >= 15 is 0 Å². The molecule has 1 aliphatic rings. The number of para-hydroxylation sites is 1. The standard InChI is InChI=1S/C21H21N3O3S/c1-26-15-9-14(10-16(11-15)27-2)22-19(25)12-28-21-17-5-3-4-6-18(17)23-20(24-21)13-7-8-13/h3-6,9-11,13H,7-8,12H2,1-2H3,(H,22,25). The number of methoxy groups -OCH3 is 2. The summed E-state index contributed by atoms with van der Waals surface area (Å²) in [5.41, 5.74) is 1.56. The van der Waals surface area contributed by atoms with Crippen molar-refractivity contribution in [3.63, 3.8) is 0 Å². The van der Waals surface area contributed by atoms with Crippen molar-refractivity contribution < 1.29 is 14.3 Å². The first-order chi connectivity index (χ1) is 13.7. The quantitative estimate of drug-likeness (QED) is 0.476. The number of thioether (sulfide) groups is 1. The number of carbonyl (C=O) groups is 1. The Kier molecular flexibility index (Phi) is 5.34. The van der Waals surface area contributed by atoms with Gasteiger partial charge >= 0.3 is 0 Å². The smallest absolute Gasteiger partial charge is 0.234 e. The summed E-state index contributed by atoms with van der Waals surface area (Å²) in [6.45, 7) is 0. The number of anilines is 1. The van der Waals surface area contributed by atoms with Gasteiger partial charge in [0.25, 0.3) is 0 Å². The van der Waals surface area contributed by atoms with Crippen LogP contribution in [0.2, 0.25) is 0 Å². The van der Waals surface area contributed by atoms with Crippen LogP contribution in [0, 0.1) is 0 Å². The lowest BCUT2D eigenvalue weighted by Crippen LogP contribution is -2.14. The molecule has 144 valence electrons. The van der Waals surface area contributed by atoms with Gasteiger partial charge in [-0.25, -0.2) is 9.97 Å². The molecule has 1 aliphatic carbocycles. The summed E-state index contributed by atoms with van der Waals surface area (Å²) in [5.74, 6) is 2.73. The monoisotopic (exact) mass is 395 g/mol. The number of ether oxygens (including phenoxy) is 2. The van der Waals surface area contributed by atoms with E-state index in [1.165, 1.54) is 11.8 Å². The fourth-order valence-corrected chi connectivity index (χ4v) is 3.74. The first-order valence-corrected chi connectivity index (χ1v) is 10.1. The van der Waals surface area contributed by atoms with Crippen LogP contribution in [0.4, 0.5) is 5.69 Å². The molecule has 0 atom stereocenters. The van der Waals surface area contributed by atoms with Crippen molar-refractivity contribution >= 4 is 34.3 Å². The number of hydrogen-bond donors (Lipinski definition) is 1. The lowest BCUT2D eigenvalue weighted by atomic mass is 10.2. The van der Waals surface area contributed by atoms with E-state index in [4.69, 9.17) is 14.5 Å². The number of fused-ring (bicyclic) bond motifs is 1. The summed E-state index contributed by atoms with van der Waals surface area (Å²) in [6.07, 6.45) is 2.28. The van der Waals surface area contributed by atoms with Crippen LogP contribution in [-0.2, 0) is 4.79 Å². The predicted molar refractivity (Wildman–Crippen MR) is 110 cm³/mol. The third-order valence-electron chi connectivity index (χ3n) is 4.50. The average molecular weight is 395 g/mol. The van der Waals surface area contributed by atoms with Gasteiger partial charge in [0, 0.05) is 35.2 Å². The minimum Gasteiger partial charge on any atom is -0.497 e. The maximum absolute atomic E-state index is 12.5. The summed E-state index contributed by atoms with van der Waals surface area (Å²) in [5, 5.41) is 4.73. The molecule has 4 rings (SSSR count). The molecule has 1 heterocycles. The zero-order valence-corrected chi connectivity index (χ0v) is 16.6. The van der Waals surface area contributed by atoms with E-state index in [2.05, 4.69) is 10.3 Å². The SMILES string of the molecule is COc1cc(NC(=O)CSc2nc(C3CC3)nc3ccccc23)cc(OC)c1. The van der Waals surface area contributed by atoms with Crippen molar-refractivity contribution in [3.8, 4) is 11.5 Å². The Balaban J connectivity index is 1.49. The second-order valence-corrected chi connectivity index (χ2v) is 7.58. The molecule has 1 aromatic heterocycles. The Morgan fingerprint density at radius 1 is 1.11 bits per heavy atom. The first kappa shape index (κ1) is 18.6. The second kappa shape index (κ2) is 8.06. The molecule has 1 saturated carbocycles. The Morgan fingerprint density at radius 3 is 2.50 bits per heavy atom. The molecule has 7 heteroatoms. The minimum absolute atomic E-state index is 0.115. The van der Waals surface area contributed by atoms with Crippen molar-refractivity contribution in [3.05, 3.63) is 48.3 Å². The molecule has 0 bridgehead atoms. The van der Waals surface area contributed by atoms with E-state index in [1.807, 2.05) is 24.3 Å². The molecule has 1 amide bonds. The van der Waals surface area contributed by atoms with Gasteiger partial charge in [-0.2, -0.15) is 0 Å². The maximum atomic E-state index is 12.5. The highest BCUT2D eigenvalue weighted by Crippen LogP contribution is 2.39. The number of rotatable bonds is 7. The molecule has 0 radical (unpaired) electrons. The molecule has 0 saturated heterocycles. The van der Waals surface area contributed by atoms with E-state index in [1.54, 1.807) is 32.4 Å². The van der Waals surface area contributed by atoms with E-state index in [0.29, 0.717) is 23.1 Å². The molecule has 0 aliphatic heterocycles. The van der Waals surface area contributed by atoms with Gasteiger partial charge in [-0.1, -0.05) is 30.0 Å². The van der Waals surface area contributed by atoms with E-state index < -0.39 is 0 Å². The van der Waals surface area contributed by atoms with Gasteiger partial charge in [0.2, 0.25) is 5.91 Å². The second-order valence-electron chi connectivity index (χ2n) is 6.62. The zero-order chi connectivity index (χ0) is 19.5. The van der Waals surface area contributed by atoms with E-state index in [0.717, 1.165) is 34.6 Å². The number of hydrogen-bond acceptors (Lipinski definition) is 6. The topological polar surface area (TPSA) is 73.3 Å². The lowest BCUT2D eigenvalue weighted by molar-refractivity contribution is -0.113. The third-order valence-corrected chi connectivity index (χ3v) is 5.49. The number of benzene rings is 2. The summed E-state index contributed by atoms with van der Waals surface area (Å²) >= 11 is 1.43. The van der Waals surface area contributed by atoms with Crippen molar-refractivity contribution in [2.75, 3.05) is 25.3 Å². The summed E-state index contributed by atoms with van der Waals surface area (Å²) < 4.78 is 10.5. The van der Waals surface area contributed by atoms with Crippen molar-refractivity contribution in [1.29, 1.82) is 0 Å². The van der Waals surface area contributed by atoms with Crippen LogP contribution in [0.3, 0.4) is 0 Å². The van der Waals surface area contributed by atoms with Crippen LogP contribution in [0.15, 0.2) is 47.5 Å². The van der Waals surface area contributed by atoms with Crippen molar-refractivity contribution in [2.45, 2.75) is 23.8 Å². The Hall–Kier alpha value is -2.80. The molecule has 0 spiro atoms. The van der Waals surface area contributed by atoms with Gasteiger partial charge in [0.15, 0.2) is 0 Å². The van der Waals surface area contributed by atoms with Crippen molar-refractivity contribution in [2.24, 2.45) is 0 Å². The number of nitrogens with one attached hydrogen (secondary N) is 1. The fraction of sp³-hybridized carbons (Fsp3) is 0.286. The van der Waals surface area contributed by atoms with Gasteiger partial charge < -0.3 is 14.8 Å². The largest absolute Gasteiger partial charge is 0.497 e.